The third-order valence-electron chi connectivity index (χ3n) is 4.66. The van der Waals surface area contributed by atoms with Crippen LogP contribution in [-0.2, 0) is 11.3 Å². The van der Waals surface area contributed by atoms with Gasteiger partial charge in [-0.25, -0.2) is 4.39 Å². The highest BCUT2D eigenvalue weighted by molar-refractivity contribution is 5.94. The third kappa shape index (κ3) is 2.84. The Hall–Kier alpha value is -3.25. The molecule has 1 N–H and O–H groups in total. The van der Waals surface area contributed by atoms with Crippen molar-refractivity contribution < 1.29 is 13.9 Å². The predicted octanol–water partition coefficient (Wildman–Crippen LogP) is 4.34. The molecule has 0 spiro atoms. The van der Waals surface area contributed by atoms with E-state index in [0.29, 0.717) is 24.5 Å². The van der Waals surface area contributed by atoms with E-state index in [2.05, 4.69) is 15.2 Å². The molecule has 1 aliphatic rings. The monoisotopic (exact) mass is 361 g/mol. The minimum absolute atomic E-state index is 0.286. The molecule has 0 amide bonds. The molecule has 5 rings (SSSR count). The van der Waals surface area contributed by atoms with Crippen LogP contribution < -0.4 is 4.74 Å². The Morgan fingerprint density at radius 1 is 1.04 bits per heavy atom. The standard InChI is InChI=1S/C21H16FN3O2/c22-17-6-2-4-14-12-26-7-8-27-15-5-1-3-13(9-15)21-16-10-18(20(14)17)23-11-19(16)24-25-21/h1-6,9-11H,7-8,12H2,(H,24,25). The van der Waals surface area contributed by atoms with Crippen LogP contribution in [0.4, 0.5) is 4.39 Å². The molecular weight excluding hydrogens is 345 g/mol. The van der Waals surface area contributed by atoms with Gasteiger partial charge in [0.1, 0.15) is 23.9 Å². The maximum Gasteiger partial charge on any atom is 0.132 e. The summed E-state index contributed by atoms with van der Waals surface area (Å²) in [7, 11) is 0. The second-order valence-corrected chi connectivity index (χ2v) is 6.39. The number of nitrogens with zero attached hydrogens (tertiary/aromatic N) is 2. The van der Waals surface area contributed by atoms with E-state index in [0.717, 1.165) is 33.5 Å². The smallest absolute Gasteiger partial charge is 0.132 e. The third-order valence-corrected chi connectivity index (χ3v) is 4.66. The molecule has 3 heterocycles. The maximum absolute atomic E-state index is 14.7. The van der Waals surface area contributed by atoms with Crippen LogP contribution in [0.5, 0.6) is 5.75 Å². The fraction of sp³-hybridized carbons (Fsp3) is 0.143. The van der Waals surface area contributed by atoms with E-state index < -0.39 is 0 Å². The minimum Gasteiger partial charge on any atom is -0.491 e. The van der Waals surface area contributed by atoms with Gasteiger partial charge in [0, 0.05) is 16.5 Å². The summed E-state index contributed by atoms with van der Waals surface area (Å²) in [5.41, 5.74) is 4.27. The molecule has 27 heavy (non-hydrogen) atoms. The first-order valence-electron chi connectivity index (χ1n) is 8.72. The van der Waals surface area contributed by atoms with Gasteiger partial charge in [-0.2, -0.15) is 5.10 Å². The molecule has 4 bridgehead atoms. The number of halogens is 1. The molecule has 0 radical (unpaired) electrons. The second-order valence-electron chi connectivity index (χ2n) is 6.39. The number of pyridine rings is 1. The van der Waals surface area contributed by atoms with E-state index in [1.165, 1.54) is 6.07 Å². The van der Waals surface area contributed by atoms with Crippen molar-refractivity contribution in [2.45, 2.75) is 6.61 Å². The summed E-state index contributed by atoms with van der Waals surface area (Å²) in [5.74, 6) is 0.434. The first-order chi connectivity index (χ1) is 13.3. The lowest BCUT2D eigenvalue weighted by atomic mass is 10.0. The molecule has 0 aliphatic carbocycles. The Morgan fingerprint density at radius 2 is 1.96 bits per heavy atom. The largest absolute Gasteiger partial charge is 0.491 e. The Labute approximate surface area is 154 Å². The van der Waals surface area contributed by atoms with Gasteiger partial charge >= 0.3 is 0 Å². The molecule has 6 heteroatoms. The Bertz CT molecular complexity index is 1140. The molecule has 0 atom stereocenters. The van der Waals surface area contributed by atoms with Crippen LogP contribution in [0.1, 0.15) is 5.56 Å². The van der Waals surface area contributed by atoms with Crippen molar-refractivity contribution in [3.05, 3.63) is 66.1 Å². The number of nitrogens with one attached hydrogen (secondary N) is 1. The lowest BCUT2D eigenvalue weighted by Crippen LogP contribution is -2.08. The molecule has 0 unspecified atom stereocenters. The summed E-state index contributed by atoms with van der Waals surface area (Å²) in [5, 5.41) is 8.32. The molecule has 0 saturated heterocycles. The second kappa shape index (κ2) is 6.48. The number of rotatable bonds is 0. The molecule has 1 aliphatic heterocycles. The molecule has 0 saturated carbocycles. The highest BCUT2D eigenvalue weighted by Gasteiger charge is 2.16. The predicted molar refractivity (Wildman–Crippen MR) is 99.9 cm³/mol. The number of aromatic amines is 1. The quantitative estimate of drug-likeness (QED) is 0.506. The van der Waals surface area contributed by atoms with Gasteiger partial charge in [0.2, 0.25) is 0 Å². The van der Waals surface area contributed by atoms with Gasteiger partial charge in [-0.1, -0.05) is 24.3 Å². The minimum atomic E-state index is -0.321. The average Bonchev–Trinajstić information content (AvgIpc) is 3.11. The number of benzene rings is 2. The summed E-state index contributed by atoms with van der Waals surface area (Å²) in [6.45, 7) is 1.10. The normalized spacial score (nSPS) is 13.8. The number of hydrogen-bond acceptors (Lipinski definition) is 4. The summed E-state index contributed by atoms with van der Waals surface area (Å²) in [6, 6.07) is 14.6. The number of ether oxygens (including phenoxy) is 2. The molecular formula is C21H16FN3O2. The number of aromatic nitrogens is 3. The van der Waals surface area contributed by atoms with Crippen LogP contribution in [0.3, 0.4) is 0 Å². The number of hydrogen-bond donors (Lipinski definition) is 1. The van der Waals surface area contributed by atoms with E-state index in [1.807, 2.05) is 36.4 Å². The first-order valence-corrected chi connectivity index (χ1v) is 8.72. The first kappa shape index (κ1) is 16.0. The van der Waals surface area contributed by atoms with Crippen molar-refractivity contribution in [3.8, 4) is 28.3 Å². The van der Waals surface area contributed by atoms with Gasteiger partial charge in [0.05, 0.1) is 30.6 Å². The highest BCUT2D eigenvalue weighted by Crippen LogP contribution is 2.33. The van der Waals surface area contributed by atoms with Gasteiger partial charge < -0.3 is 9.47 Å². The van der Waals surface area contributed by atoms with Crippen molar-refractivity contribution in [1.29, 1.82) is 0 Å². The zero-order valence-electron chi connectivity index (χ0n) is 14.4. The molecule has 2 aromatic heterocycles. The van der Waals surface area contributed by atoms with Crippen LogP contribution in [0.15, 0.2) is 54.7 Å². The van der Waals surface area contributed by atoms with Crippen molar-refractivity contribution >= 4 is 10.9 Å². The maximum atomic E-state index is 14.7. The summed E-state index contributed by atoms with van der Waals surface area (Å²) in [6.07, 6.45) is 1.68. The van der Waals surface area contributed by atoms with Crippen LogP contribution >= 0.6 is 0 Å². The van der Waals surface area contributed by atoms with Gasteiger partial charge in [-0.15, -0.1) is 0 Å². The van der Waals surface area contributed by atoms with Crippen LogP contribution in [0, 0.1) is 5.82 Å². The van der Waals surface area contributed by atoms with Crippen molar-refractivity contribution in [2.75, 3.05) is 13.2 Å². The fourth-order valence-electron chi connectivity index (χ4n) is 3.38. The van der Waals surface area contributed by atoms with E-state index in [4.69, 9.17) is 9.47 Å². The lowest BCUT2D eigenvalue weighted by Gasteiger charge is -2.13. The van der Waals surface area contributed by atoms with Gasteiger partial charge in [0.25, 0.3) is 0 Å². The van der Waals surface area contributed by atoms with Crippen LogP contribution in [-0.4, -0.2) is 28.4 Å². The van der Waals surface area contributed by atoms with Gasteiger partial charge in [-0.05, 0) is 29.8 Å². The Balaban J connectivity index is 1.77. The topological polar surface area (TPSA) is 60.0 Å². The van der Waals surface area contributed by atoms with Gasteiger partial charge in [0.15, 0.2) is 0 Å². The van der Waals surface area contributed by atoms with Crippen molar-refractivity contribution in [2.24, 2.45) is 0 Å². The molecule has 2 aromatic carbocycles. The molecule has 5 nitrogen and oxygen atoms in total. The SMILES string of the molecule is Fc1cccc2c1-c1cc3c(n[nH]c3cn1)-c1cccc(c1)OCCOC2. The van der Waals surface area contributed by atoms with E-state index in [9.17, 15) is 4.39 Å². The fourth-order valence-corrected chi connectivity index (χ4v) is 3.38. The zero-order valence-corrected chi connectivity index (χ0v) is 14.4. The number of H-pyrrole nitrogens is 1. The zero-order chi connectivity index (χ0) is 18.2. The van der Waals surface area contributed by atoms with Gasteiger partial charge in [-0.3, -0.25) is 10.1 Å². The lowest BCUT2D eigenvalue weighted by molar-refractivity contribution is 0.0890. The summed E-state index contributed by atoms with van der Waals surface area (Å²) in [4.78, 5) is 4.45. The van der Waals surface area contributed by atoms with Crippen molar-refractivity contribution in [3.63, 3.8) is 0 Å². The Morgan fingerprint density at radius 3 is 2.93 bits per heavy atom. The molecule has 0 fully saturated rings. The molecule has 134 valence electrons. The van der Waals surface area contributed by atoms with E-state index >= 15 is 0 Å². The van der Waals surface area contributed by atoms with Crippen molar-refractivity contribution in [1.82, 2.24) is 15.2 Å². The average molecular weight is 361 g/mol. The van der Waals surface area contributed by atoms with Crippen LogP contribution in [0.25, 0.3) is 33.4 Å². The number of fused-ring (bicyclic) bond motifs is 6. The summed E-state index contributed by atoms with van der Waals surface area (Å²) >= 11 is 0. The van der Waals surface area contributed by atoms with E-state index in [1.54, 1.807) is 12.3 Å². The summed E-state index contributed by atoms with van der Waals surface area (Å²) < 4.78 is 26.1. The Kier molecular flexibility index (Phi) is 3.83. The van der Waals surface area contributed by atoms with E-state index in [-0.39, 0.29) is 12.4 Å². The highest BCUT2D eigenvalue weighted by atomic mass is 19.1. The molecule has 4 aromatic rings. The van der Waals surface area contributed by atoms with Crippen LogP contribution in [0.2, 0.25) is 0 Å².